The molecule has 36 heavy (non-hydrogen) atoms. The number of amides is 2. The van der Waals surface area contributed by atoms with Gasteiger partial charge in [-0.3, -0.25) is 0 Å². The van der Waals surface area contributed by atoms with Crippen molar-refractivity contribution in [3.05, 3.63) is 83.2 Å². The fourth-order valence-corrected chi connectivity index (χ4v) is 3.61. The molecule has 0 saturated carbocycles. The summed E-state index contributed by atoms with van der Waals surface area (Å²) in [6, 6.07) is 15.3. The first kappa shape index (κ1) is 23.3. The Balaban J connectivity index is 1.23. The van der Waals surface area contributed by atoms with Gasteiger partial charge in [0.15, 0.2) is 5.65 Å². The number of anilines is 2. The van der Waals surface area contributed by atoms with Gasteiger partial charge in [0.25, 0.3) is 0 Å². The second-order valence-corrected chi connectivity index (χ2v) is 8.22. The number of urea groups is 1. The maximum absolute atomic E-state index is 12.2. The Kier molecular flexibility index (Phi) is 6.52. The number of fused-ring (bicyclic) bond motifs is 1. The van der Waals surface area contributed by atoms with Gasteiger partial charge >= 0.3 is 12.0 Å². The highest BCUT2D eigenvalue weighted by molar-refractivity contribution is 6.35. The SMILES string of the molecule is COc1ccc2ncc(-c3ccc(Oc4ncc(NC(=O)Nc5cc(Cl)ccc5Cl)cn4)cc3)n2n1. The smallest absolute Gasteiger partial charge is 0.323 e. The van der Waals surface area contributed by atoms with Gasteiger partial charge in [-0.15, -0.1) is 5.10 Å². The van der Waals surface area contributed by atoms with Gasteiger partial charge in [0.1, 0.15) is 5.75 Å². The molecule has 0 atom stereocenters. The lowest BCUT2D eigenvalue weighted by atomic mass is 10.1. The van der Waals surface area contributed by atoms with E-state index in [4.69, 9.17) is 32.7 Å². The van der Waals surface area contributed by atoms with Gasteiger partial charge in [-0.2, -0.15) is 0 Å². The molecule has 2 amide bonds. The number of aromatic nitrogens is 5. The lowest BCUT2D eigenvalue weighted by molar-refractivity contribution is 0.262. The van der Waals surface area contributed by atoms with Crippen LogP contribution in [0.2, 0.25) is 10.0 Å². The standard InChI is InChI=1S/C24H17Cl2N7O3/c1-35-22-9-8-21-27-13-20(33(21)32-22)14-2-5-17(6-3-14)36-24-28-11-16(12-29-24)30-23(34)31-19-10-15(25)4-7-18(19)26/h2-13H,1H3,(H2,30,31,34). The molecule has 0 aliphatic rings. The van der Waals surface area contributed by atoms with Crippen LogP contribution in [0.4, 0.5) is 16.2 Å². The van der Waals surface area contributed by atoms with Crippen molar-refractivity contribution in [2.75, 3.05) is 17.7 Å². The molecule has 3 aromatic heterocycles. The Labute approximate surface area is 214 Å². The average molecular weight is 522 g/mol. The van der Waals surface area contributed by atoms with Crippen molar-refractivity contribution < 1.29 is 14.3 Å². The Bertz CT molecular complexity index is 1540. The second-order valence-electron chi connectivity index (χ2n) is 7.37. The van der Waals surface area contributed by atoms with Crippen LogP contribution in [0.25, 0.3) is 16.9 Å². The van der Waals surface area contributed by atoms with Crippen LogP contribution >= 0.6 is 23.2 Å². The van der Waals surface area contributed by atoms with Crippen molar-refractivity contribution >= 4 is 46.3 Å². The lowest BCUT2D eigenvalue weighted by Gasteiger charge is -2.09. The van der Waals surface area contributed by atoms with E-state index in [-0.39, 0.29) is 6.01 Å². The number of halogens is 2. The molecule has 5 aromatic rings. The third-order valence-corrected chi connectivity index (χ3v) is 5.53. The summed E-state index contributed by atoms with van der Waals surface area (Å²) >= 11 is 12.0. The Morgan fingerprint density at radius 2 is 1.69 bits per heavy atom. The number of carbonyl (C=O) groups is 1. The zero-order valence-electron chi connectivity index (χ0n) is 18.6. The summed E-state index contributed by atoms with van der Waals surface area (Å²) in [5, 5.41) is 10.5. The van der Waals surface area contributed by atoms with Crippen molar-refractivity contribution in [2.45, 2.75) is 0 Å². The minimum absolute atomic E-state index is 0.118. The number of benzene rings is 2. The molecule has 0 saturated heterocycles. The second kappa shape index (κ2) is 10.1. The van der Waals surface area contributed by atoms with Gasteiger partial charge in [-0.05, 0) is 48.5 Å². The molecule has 10 nitrogen and oxygen atoms in total. The lowest BCUT2D eigenvalue weighted by Crippen LogP contribution is -2.19. The van der Waals surface area contributed by atoms with E-state index in [9.17, 15) is 4.79 Å². The average Bonchev–Trinajstić information content (AvgIpc) is 3.31. The molecular weight excluding hydrogens is 505 g/mol. The number of rotatable bonds is 6. The summed E-state index contributed by atoms with van der Waals surface area (Å²) in [5.41, 5.74) is 3.15. The van der Waals surface area contributed by atoms with E-state index >= 15 is 0 Å². The normalized spacial score (nSPS) is 10.8. The highest BCUT2D eigenvalue weighted by Crippen LogP contribution is 2.27. The van der Waals surface area contributed by atoms with Crippen molar-refractivity contribution in [3.63, 3.8) is 0 Å². The maximum atomic E-state index is 12.2. The summed E-state index contributed by atoms with van der Waals surface area (Å²) in [4.78, 5) is 24.9. The predicted molar refractivity (Wildman–Crippen MR) is 136 cm³/mol. The molecule has 0 aliphatic heterocycles. The maximum Gasteiger partial charge on any atom is 0.323 e. The van der Waals surface area contributed by atoms with E-state index in [0.717, 1.165) is 11.3 Å². The highest BCUT2D eigenvalue weighted by atomic mass is 35.5. The van der Waals surface area contributed by atoms with Crippen molar-refractivity contribution in [2.24, 2.45) is 0 Å². The molecule has 2 N–H and O–H groups in total. The first-order chi connectivity index (χ1) is 17.5. The first-order valence-corrected chi connectivity index (χ1v) is 11.3. The highest BCUT2D eigenvalue weighted by Gasteiger charge is 2.10. The first-order valence-electron chi connectivity index (χ1n) is 10.5. The minimum atomic E-state index is -0.522. The van der Waals surface area contributed by atoms with Crippen LogP contribution in [0.3, 0.4) is 0 Å². The monoisotopic (exact) mass is 521 g/mol. The number of hydrogen-bond donors (Lipinski definition) is 2. The van der Waals surface area contributed by atoms with Crippen LogP contribution < -0.4 is 20.1 Å². The molecular formula is C24H17Cl2N7O3. The Morgan fingerprint density at radius 3 is 2.44 bits per heavy atom. The minimum Gasteiger partial charge on any atom is -0.480 e. The summed E-state index contributed by atoms with van der Waals surface area (Å²) in [7, 11) is 1.56. The van der Waals surface area contributed by atoms with Crippen LogP contribution in [0, 0.1) is 0 Å². The van der Waals surface area contributed by atoms with Crippen LogP contribution in [-0.4, -0.2) is 37.7 Å². The van der Waals surface area contributed by atoms with E-state index in [1.165, 1.54) is 12.4 Å². The number of nitrogens with one attached hydrogen (secondary N) is 2. The zero-order valence-corrected chi connectivity index (χ0v) is 20.2. The zero-order chi connectivity index (χ0) is 25.1. The number of hydrogen-bond acceptors (Lipinski definition) is 7. The third kappa shape index (κ3) is 5.14. The molecule has 5 rings (SSSR count). The number of carbonyl (C=O) groups excluding carboxylic acids is 1. The van der Waals surface area contributed by atoms with Crippen molar-refractivity contribution in [1.29, 1.82) is 0 Å². The molecule has 0 radical (unpaired) electrons. The van der Waals surface area contributed by atoms with Crippen LogP contribution in [0.1, 0.15) is 0 Å². The van der Waals surface area contributed by atoms with Crippen molar-refractivity contribution in [1.82, 2.24) is 24.6 Å². The Morgan fingerprint density at radius 1 is 0.917 bits per heavy atom. The molecule has 0 aliphatic carbocycles. The Hall–Kier alpha value is -4.41. The number of imidazole rings is 1. The van der Waals surface area contributed by atoms with Gasteiger partial charge in [0, 0.05) is 16.7 Å². The number of nitrogens with zero attached hydrogens (tertiary/aromatic N) is 5. The van der Waals surface area contributed by atoms with E-state index < -0.39 is 6.03 Å². The van der Waals surface area contributed by atoms with E-state index in [2.05, 4.69) is 30.7 Å². The summed E-state index contributed by atoms with van der Waals surface area (Å²) in [5.74, 6) is 1.02. The third-order valence-electron chi connectivity index (χ3n) is 4.97. The summed E-state index contributed by atoms with van der Waals surface area (Å²) in [6.07, 6.45) is 4.59. The largest absolute Gasteiger partial charge is 0.480 e. The number of ether oxygens (including phenoxy) is 2. The fraction of sp³-hybridized carbons (Fsp3) is 0.0417. The van der Waals surface area contributed by atoms with Gasteiger partial charge in [0.05, 0.1) is 47.8 Å². The number of methoxy groups -OCH3 is 1. The van der Waals surface area contributed by atoms with E-state index in [1.54, 1.807) is 54.2 Å². The van der Waals surface area contributed by atoms with Gasteiger partial charge in [-0.25, -0.2) is 24.3 Å². The molecule has 0 bridgehead atoms. The van der Waals surface area contributed by atoms with Crippen LogP contribution in [0.15, 0.2) is 73.2 Å². The summed E-state index contributed by atoms with van der Waals surface area (Å²) in [6.45, 7) is 0. The molecule has 3 heterocycles. The molecule has 180 valence electrons. The molecule has 2 aromatic carbocycles. The quantitative estimate of drug-likeness (QED) is 0.284. The van der Waals surface area contributed by atoms with E-state index in [1.807, 2.05) is 18.2 Å². The topological polar surface area (TPSA) is 116 Å². The van der Waals surface area contributed by atoms with Crippen LogP contribution in [0.5, 0.6) is 17.6 Å². The van der Waals surface area contributed by atoms with Gasteiger partial charge in [-0.1, -0.05) is 23.2 Å². The molecule has 12 heteroatoms. The summed E-state index contributed by atoms with van der Waals surface area (Å²) < 4.78 is 12.6. The van der Waals surface area contributed by atoms with Gasteiger partial charge in [0.2, 0.25) is 5.88 Å². The molecule has 0 fully saturated rings. The predicted octanol–water partition coefficient (Wildman–Crippen LogP) is 5.94. The fourth-order valence-electron chi connectivity index (χ4n) is 3.27. The molecule has 0 unspecified atom stereocenters. The van der Waals surface area contributed by atoms with Gasteiger partial charge < -0.3 is 20.1 Å². The van der Waals surface area contributed by atoms with Crippen LogP contribution in [-0.2, 0) is 0 Å². The van der Waals surface area contributed by atoms with Crippen molar-refractivity contribution in [3.8, 4) is 28.9 Å². The molecule has 0 spiro atoms. The van der Waals surface area contributed by atoms with E-state index in [0.29, 0.717) is 38.7 Å².